The van der Waals surface area contributed by atoms with Gasteiger partial charge in [0, 0.05) is 27.8 Å². The summed E-state index contributed by atoms with van der Waals surface area (Å²) in [7, 11) is 2.40. The van der Waals surface area contributed by atoms with Crippen molar-refractivity contribution >= 4 is 0 Å². The van der Waals surface area contributed by atoms with Crippen LogP contribution in [0.3, 0.4) is 0 Å². The predicted molar refractivity (Wildman–Crippen MR) is 128 cm³/mol. The molecule has 3 fully saturated rings. The minimum Gasteiger partial charge on any atom is -0.296 e. The van der Waals surface area contributed by atoms with Crippen LogP contribution in [0.25, 0.3) is 11.1 Å². The molecule has 1 nitrogen and oxygen atoms in total. The van der Waals surface area contributed by atoms with Gasteiger partial charge in [-0.25, -0.2) is 0 Å². The fraction of sp³-hybridized carbons (Fsp3) is 0.517. The zero-order chi connectivity index (χ0) is 21.5. The molecule has 2 saturated heterocycles. The Labute approximate surface area is 183 Å². The highest BCUT2D eigenvalue weighted by Gasteiger charge is 2.68. The van der Waals surface area contributed by atoms with E-state index in [0.29, 0.717) is 11.6 Å². The molecule has 1 saturated carbocycles. The minimum absolute atomic E-state index is 0.0109. The molecule has 1 spiro atoms. The molecule has 0 N–H and O–H groups in total. The van der Waals surface area contributed by atoms with E-state index in [0.717, 1.165) is 0 Å². The summed E-state index contributed by atoms with van der Waals surface area (Å²) in [5, 5.41) is 0. The Morgan fingerprint density at radius 3 is 2.10 bits per heavy atom. The molecule has 2 bridgehead atoms. The maximum atomic E-state index is 4.60. The Balaban J connectivity index is 1.80. The number of hydrogen-bond acceptors (Lipinski definition) is 1. The van der Waals surface area contributed by atoms with E-state index in [2.05, 4.69) is 102 Å². The van der Waals surface area contributed by atoms with Crippen LogP contribution in [0, 0.1) is 5.41 Å². The van der Waals surface area contributed by atoms with Crippen LogP contribution in [0.15, 0.2) is 60.7 Å². The smallest absolute Gasteiger partial charge is 0.0294 e. The summed E-state index contributed by atoms with van der Waals surface area (Å²) in [6.07, 6.45) is 5.20. The molecular formula is C29H37N. The standard InChI is InChI=1S/C29H37N/c1-20(2)28(6)25-29(17-15-27(5,16-18-29)30(25)7)23-14-13-22(19-24(23)26(28,3)4)21-11-9-8-10-12-21/h8-14,19,25H,1,15-18H2,2-7H3. The lowest BCUT2D eigenvalue weighted by Gasteiger charge is -2.72. The molecule has 30 heavy (non-hydrogen) atoms. The second-order valence-corrected chi connectivity index (χ2v) is 11.4. The molecule has 0 radical (unpaired) electrons. The molecule has 158 valence electrons. The topological polar surface area (TPSA) is 3.24 Å². The number of nitrogens with zero attached hydrogens (tertiary/aromatic N) is 1. The molecule has 2 heterocycles. The van der Waals surface area contributed by atoms with E-state index in [9.17, 15) is 0 Å². The summed E-state index contributed by atoms with van der Waals surface area (Å²) < 4.78 is 0. The summed E-state index contributed by atoms with van der Waals surface area (Å²) in [6, 6.07) is 18.7. The Bertz CT molecular complexity index is 1010. The van der Waals surface area contributed by atoms with E-state index in [1.807, 2.05) is 0 Å². The van der Waals surface area contributed by atoms with Crippen molar-refractivity contribution < 1.29 is 0 Å². The van der Waals surface area contributed by atoms with Gasteiger partial charge in [0.1, 0.15) is 0 Å². The number of fused-ring (bicyclic) bond motifs is 3. The van der Waals surface area contributed by atoms with Gasteiger partial charge >= 0.3 is 0 Å². The van der Waals surface area contributed by atoms with E-state index >= 15 is 0 Å². The molecule has 0 aromatic heterocycles. The average molecular weight is 400 g/mol. The number of piperidine rings is 2. The fourth-order valence-corrected chi connectivity index (χ4v) is 7.59. The third kappa shape index (κ3) is 2.23. The van der Waals surface area contributed by atoms with Crippen molar-refractivity contribution in [1.82, 2.24) is 4.90 Å². The van der Waals surface area contributed by atoms with E-state index in [4.69, 9.17) is 0 Å². The van der Waals surface area contributed by atoms with Crippen molar-refractivity contribution in [2.24, 2.45) is 5.41 Å². The van der Waals surface area contributed by atoms with Gasteiger partial charge in [0.25, 0.3) is 0 Å². The van der Waals surface area contributed by atoms with Crippen LogP contribution in [0.4, 0.5) is 0 Å². The zero-order valence-electron chi connectivity index (χ0n) is 19.7. The Morgan fingerprint density at radius 1 is 0.867 bits per heavy atom. The first-order chi connectivity index (χ1) is 14.1. The fourth-order valence-electron chi connectivity index (χ4n) is 7.59. The van der Waals surface area contributed by atoms with Crippen LogP contribution in [-0.2, 0) is 10.8 Å². The van der Waals surface area contributed by atoms with Gasteiger partial charge in [-0.1, -0.05) is 81.5 Å². The van der Waals surface area contributed by atoms with E-state index in [1.165, 1.54) is 42.4 Å². The van der Waals surface area contributed by atoms with Gasteiger partial charge < -0.3 is 0 Å². The van der Waals surface area contributed by atoms with Crippen LogP contribution in [0.1, 0.15) is 71.4 Å². The highest BCUT2D eigenvalue weighted by atomic mass is 15.3. The molecule has 2 atom stereocenters. The predicted octanol–water partition coefficient (Wildman–Crippen LogP) is 7.11. The molecule has 2 aliphatic carbocycles. The molecule has 2 aliphatic heterocycles. The lowest BCUT2D eigenvalue weighted by Crippen LogP contribution is -2.75. The highest BCUT2D eigenvalue weighted by Crippen LogP contribution is 2.68. The van der Waals surface area contributed by atoms with Crippen molar-refractivity contribution in [2.75, 3.05) is 7.05 Å². The maximum Gasteiger partial charge on any atom is 0.0294 e. The third-order valence-electron chi connectivity index (χ3n) is 10.0. The van der Waals surface area contributed by atoms with Crippen LogP contribution >= 0.6 is 0 Å². The number of rotatable bonds is 2. The maximum absolute atomic E-state index is 4.60. The summed E-state index contributed by atoms with van der Waals surface area (Å²) >= 11 is 0. The number of benzene rings is 2. The number of likely N-dealkylation sites (N-methyl/N-ethyl adjacent to an activating group) is 1. The second kappa shape index (κ2) is 6.10. The second-order valence-electron chi connectivity index (χ2n) is 11.4. The first-order valence-corrected chi connectivity index (χ1v) is 11.7. The van der Waals surface area contributed by atoms with Crippen LogP contribution < -0.4 is 0 Å². The Kier molecular flexibility index (Phi) is 4.08. The van der Waals surface area contributed by atoms with Gasteiger partial charge in [0.05, 0.1) is 0 Å². The van der Waals surface area contributed by atoms with Crippen LogP contribution in [0.2, 0.25) is 0 Å². The molecule has 6 rings (SSSR count). The Hall–Kier alpha value is -1.86. The molecular weight excluding hydrogens is 362 g/mol. The van der Waals surface area contributed by atoms with E-state index in [-0.39, 0.29) is 16.2 Å². The molecule has 2 aromatic rings. The monoisotopic (exact) mass is 399 g/mol. The largest absolute Gasteiger partial charge is 0.296 e. The third-order valence-corrected chi connectivity index (χ3v) is 10.0. The van der Waals surface area contributed by atoms with Crippen molar-refractivity contribution in [3.63, 3.8) is 0 Å². The highest BCUT2D eigenvalue weighted by molar-refractivity contribution is 5.67. The molecule has 2 aromatic carbocycles. The number of hydrogen-bond donors (Lipinski definition) is 0. The van der Waals surface area contributed by atoms with Crippen molar-refractivity contribution in [1.29, 1.82) is 0 Å². The van der Waals surface area contributed by atoms with Gasteiger partial charge in [0.2, 0.25) is 0 Å². The SMILES string of the molecule is C=C(C)C1(C)C2N(C)C3(C)CCC2(CC3)c2ccc(-c3ccccc3)cc2C1(C)C. The summed E-state index contributed by atoms with van der Waals surface area (Å²) in [6.45, 7) is 16.8. The van der Waals surface area contributed by atoms with Crippen molar-refractivity contribution in [3.05, 3.63) is 71.8 Å². The van der Waals surface area contributed by atoms with Gasteiger partial charge in [-0.15, -0.1) is 0 Å². The van der Waals surface area contributed by atoms with Crippen molar-refractivity contribution in [3.8, 4) is 11.1 Å². The van der Waals surface area contributed by atoms with Gasteiger partial charge in [-0.2, -0.15) is 0 Å². The molecule has 1 heteroatoms. The molecule has 2 unspecified atom stereocenters. The normalized spacial score (nSPS) is 36.8. The quantitative estimate of drug-likeness (QED) is 0.486. The summed E-state index contributed by atoms with van der Waals surface area (Å²) in [4.78, 5) is 2.77. The lowest BCUT2D eigenvalue weighted by atomic mass is 9.40. The lowest BCUT2D eigenvalue weighted by molar-refractivity contribution is -0.138. The first-order valence-electron chi connectivity index (χ1n) is 11.7. The average Bonchev–Trinajstić information content (AvgIpc) is 2.74. The van der Waals surface area contributed by atoms with E-state index < -0.39 is 0 Å². The van der Waals surface area contributed by atoms with E-state index in [1.54, 1.807) is 11.1 Å². The summed E-state index contributed by atoms with van der Waals surface area (Å²) in [5.74, 6) is 0. The molecule has 0 amide bonds. The molecule has 4 aliphatic rings. The van der Waals surface area contributed by atoms with Crippen LogP contribution in [0.5, 0.6) is 0 Å². The van der Waals surface area contributed by atoms with Gasteiger partial charge in [0.15, 0.2) is 0 Å². The van der Waals surface area contributed by atoms with Gasteiger partial charge in [-0.05, 0) is 68.8 Å². The van der Waals surface area contributed by atoms with Crippen molar-refractivity contribution in [2.45, 2.75) is 82.7 Å². The summed E-state index contributed by atoms with van der Waals surface area (Å²) in [5.41, 5.74) is 7.73. The van der Waals surface area contributed by atoms with Gasteiger partial charge in [-0.3, -0.25) is 4.90 Å². The minimum atomic E-state index is 0.0109. The Morgan fingerprint density at radius 2 is 1.50 bits per heavy atom. The van der Waals surface area contributed by atoms with Crippen LogP contribution in [-0.4, -0.2) is 23.5 Å². The first kappa shape index (κ1) is 20.1. The zero-order valence-corrected chi connectivity index (χ0v) is 19.7.